The van der Waals surface area contributed by atoms with E-state index in [1.807, 2.05) is 42.5 Å². The molecular formula is C21H23NO4. The molecule has 0 saturated heterocycles. The van der Waals surface area contributed by atoms with Crippen LogP contribution in [0.15, 0.2) is 54.6 Å². The van der Waals surface area contributed by atoms with Crippen LogP contribution in [0, 0.1) is 0 Å². The summed E-state index contributed by atoms with van der Waals surface area (Å²) in [5, 5.41) is 2.73. The van der Waals surface area contributed by atoms with Gasteiger partial charge in [0.1, 0.15) is 5.75 Å². The fraction of sp³-hybridized carbons (Fsp3) is 0.238. The SMILES string of the molecule is CCc1ccc(NC(=O)[C@@H](C)OC(=O)/C=C\c2cccc(OC)c2)cc1. The third-order valence-electron chi connectivity index (χ3n) is 3.80. The van der Waals surface area contributed by atoms with E-state index in [2.05, 4.69) is 12.2 Å². The second kappa shape index (κ2) is 9.42. The molecule has 1 atom stereocenters. The molecule has 26 heavy (non-hydrogen) atoms. The fourth-order valence-corrected chi connectivity index (χ4v) is 2.24. The Morgan fingerprint density at radius 1 is 1.15 bits per heavy atom. The summed E-state index contributed by atoms with van der Waals surface area (Å²) in [5.41, 5.74) is 2.65. The Kier molecular flexibility index (Phi) is 6.97. The minimum absolute atomic E-state index is 0.377. The molecule has 0 bridgehead atoms. The van der Waals surface area contributed by atoms with E-state index in [4.69, 9.17) is 9.47 Å². The topological polar surface area (TPSA) is 64.6 Å². The predicted molar refractivity (Wildman–Crippen MR) is 102 cm³/mol. The third-order valence-corrected chi connectivity index (χ3v) is 3.80. The second-order valence-corrected chi connectivity index (χ2v) is 5.73. The molecule has 5 nitrogen and oxygen atoms in total. The van der Waals surface area contributed by atoms with Crippen LogP contribution in [0.5, 0.6) is 5.75 Å². The van der Waals surface area contributed by atoms with Gasteiger partial charge in [0.25, 0.3) is 5.91 Å². The number of rotatable bonds is 7. The number of hydrogen-bond acceptors (Lipinski definition) is 4. The summed E-state index contributed by atoms with van der Waals surface area (Å²) in [7, 11) is 1.58. The lowest BCUT2D eigenvalue weighted by molar-refractivity contribution is -0.148. The molecule has 0 aromatic heterocycles. The minimum atomic E-state index is -0.900. The second-order valence-electron chi connectivity index (χ2n) is 5.73. The maximum absolute atomic E-state index is 12.1. The summed E-state index contributed by atoms with van der Waals surface area (Å²) in [6.45, 7) is 3.60. The number of methoxy groups -OCH3 is 1. The summed E-state index contributed by atoms with van der Waals surface area (Å²) >= 11 is 0. The molecule has 0 radical (unpaired) electrons. The Labute approximate surface area is 153 Å². The first-order valence-electron chi connectivity index (χ1n) is 8.44. The molecule has 0 unspecified atom stereocenters. The van der Waals surface area contributed by atoms with Crippen LogP contribution in [0.2, 0.25) is 0 Å². The van der Waals surface area contributed by atoms with Gasteiger partial charge in [-0.05, 0) is 54.8 Å². The molecule has 1 amide bonds. The first kappa shape index (κ1) is 19.2. The van der Waals surface area contributed by atoms with Gasteiger partial charge in [-0.1, -0.05) is 31.2 Å². The van der Waals surface area contributed by atoms with Gasteiger partial charge in [-0.25, -0.2) is 4.79 Å². The average molecular weight is 353 g/mol. The number of aryl methyl sites for hydroxylation is 1. The van der Waals surface area contributed by atoms with Gasteiger partial charge in [-0.15, -0.1) is 0 Å². The summed E-state index contributed by atoms with van der Waals surface area (Å²) in [5.74, 6) is -0.267. The fourth-order valence-electron chi connectivity index (χ4n) is 2.24. The van der Waals surface area contributed by atoms with Gasteiger partial charge < -0.3 is 14.8 Å². The molecular weight excluding hydrogens is 330 g/mol. The number of amides is 1. The largest absolute Gasteiger partial charge is 0.497 e. The molecule has 5 heteroatoms. The molecule has 0 fully saturated rings. The predicted octanol–water partition coefficient (Wildman–Crippen LogP) is 3.84. The number of carbonyl (C=O) groups excluding carboxylic acids is 2. The number of anilines is 1. The molecule has 0 aliphatic rings. The number of hydrogen-bond donors (Lipinski definition) is 1. The highest BCUT2D eigenvalue weighted by atomic mass is 16.5. The molecule has 0 spiro atoms. The van der Waals surface area contributed by atoms with E-state index < -0.39 is 12.1 Å². The number of benzene rings is 2. The van der Waals surface area contributed by atoms with Crippen LogP contribution in [0.3, 0.4) is 0 Å². The Morgan fingerprint density at radius 3 is 2.54 bits per heavy atom. The molecule has 0 heterocycles. The van der Waals surface area contributed by atoms with Crippen molar-refractivity contribution < 1.29 is 19.1 Å². The van der Waals surface area contributed by atoms with E-state index in [0.29, 0.717) is 11.4 Å². The Hall–Kier alpha value is -3.08. The van der Waals surface area contributed by atoms with Crippen molar-refractivity contribution in [3.05, 3.63) is 65.7 Å². The standard InChI is InChI=1S/C21H23NO4/c1-4-16-8-11-18(12-9-16)22-21(24)15(2)26-20(23)13-10-17-6-5-7-19(14-17)25-3/h5-15H,4H2,1-3H3,(H,22,24)/b13-10-/t15-/m1/s1. The summed E-state index contributed by atoms with van der Waals surface area (Å²) < 4.78 is 10.3. The Bertz CT molecular complexity index is 781. The van der Waals surface area contributed by atoms with Crippen molar-refractivity contribution in [2.45, 2.75) is 26.4 Å². The van der Waals surface area contributed by atoms with Crippen LogP contribution in [0.1, 0.15) is 25.0 Å². The lowest BCUT2D eigenvalue weighted by Crippen LogP contribution is -2.29. The molecule has 2 rings (SSSR count). The quantitative estimate of drug-likeness (QED) is 0.607. The van der Waals surface area contributed by atoms with E-state index in [0.717, 1.165) is 12.0 Å². The monoisotopic (exact) mass is 353 g/mol. The number of nitrogens with one attached hydrogen (secondary N) is 1. The van der Waals surface area contributed by atoms with E-state index in [9.17, 15) is 9.59 Å². The van der Waals surface area contributed by atoms with Crippen molar-refractivity contribution in [1.82, 2.24) is 0 Å². The highest BCUT2D eigenvalue weighted by Gasteiger charge is 2.16. The van der Waals surface area contributed by atoms with Gasteiger partial charge in [-0.3, -0.25) is 4.79 Å². The van der Waals surface area contributed by atoms with Gasteiger partial charge in [0.05, 0.1) is 7.11 Å². The summed E-state index contributed by atoms with van der Waals surface area (Å²) in [6.07, 6.45) is 2.93. The van der Waals surface area contributed by atoms with Crippen LogP contribution in [0.4, 0.5) is 5.69 Å². The number of carbonyl (C=O) groups is 2. The normalized spacial score (nSPS) is 11.8. The van der Waals surface area contributed by atoms with Crippen molar-refractivity contribution in [2.75, 3.05) is 12.4 Å². The molecule has 0 aliphatic heterocycles. The van der Waals surface area contributed by atoms with Crippen LogP contribution in [-0.2, 0) is 20.7 Å². The lowest BCUT2D eigenvalue weighted by atomic mass is 10.1. The first-order valence-corrected chi connectivity index (χ1v) is 8.44. The smallest absolute Gasteiger partial charge is 0.331 e. The van der Waals surface area contributed by atoms with Gasteiger partial charge in [0.15, 0.2) is 6.10 Å². The average Bonchev–Trinajstić information content (AvgIpc) is 2.67. The van der Waals surface area contributed by atoms with E-state index in [1.54, 1.807) is 19.3 Å². The maximum Gasteiger partial charge on any atom is 0.331 e. The van der Waals surface area contributed by atoms with E-state index in [1.165, 1.54) is 18.6 Å². The zero-order valence-electron chi connectivity index (χ0n) is 15.2. The molecule has 2 aromatic rings. The van der Waals surface area contributed by atoms with Gasteiger partial charge >= 0.3 is 5.97 Å². The Morgan fingerprint density at radius 2 is 1.88 bits per heavy atom. The highest BCUT2D eigenvalue weighted by molar-refractivity contribution is 5.96. The molecule has 0 saturated carbocycles. The number of ether oxygens (including phenoxy) is 2. The van der Waals surface area contributed by atoms with Gasteiger partial charge in [-0.2, -0.15) is 0 Å². The first-order chi connectivity index (χ1) is 12.5. The van der Waals surface area contributed by atoms with E-state index >= 15 is 0 Å². The van der Waals surface area contributed by atoms with Crippen molar-refractivity contribution in [1.29, 1.82) is 0 Å². The van der Waals surface area contributed by atoms with Gasteiger partial charge in [0, 0.05) is 11.8 Å². The van der Waals surface area contributed by atoms with Crippen LogP contribution in [0.25, 0.3) is 6.08 Å². The molecule has 2 aromatic carbocycles. The minimum Gasteiger partial charge on any atom is -0.497 e. The van der Waals surface area contributed by atoms with Crippen molar-refractivity contribution in [2.24, 2.45) is 0 Å². The van der Waals surface area contributed by atoms with E-state index in [-0.39, 0.29) is 5.91 Å². The molecule has 0 aliphatic carbocycles. The maximum atomic E-state index is 12.1. The molecule has 136 valence electrons. The highest BCUT2D eigenvalue weighted by Crippen LogP contribution is 2.14. The van der Waals surface area contributed by atoms with Crippen LogP contribution >= 0.6 is 0 Å². The van der Waals surface area contributed by atoms with Crippen molar-refractivity contribution >= 4 is 23.6 Å². The summed E-state index contributed by atoms with van der Waals surface area (Å²) in [6, 6.07) is 14.8. The van der Waals surface area contributed by atoms with Crippen molar-refractivity contribution in [3.8, 4) is 5.75 Å². The third kappa shape index (κ3) is 5.77. The molecule has 1 N–H and O–H groups in total. The van der Waals surface area contributed by atoms with Gasteiger partial charge in [0.2, 0.25) is 0 Å². The zero-order valence-corrected chi connectivity index (χ0v) is 15.2. The Balaban J connectivity index is 1.88. The van der Waals surface area contributed by atoms with Crippen molar-refractivity contribution in [3.63, 3.8) is 0 Å². The van der Waals surface area contributed by atoms with Crippen LogP contribution < -0.4 is 10.1 Å². The lowest BCUT2D eigenvalue weighted by Gasteiger charge is -2.12. The summed E-state index contributed by atoms with van der Waals surface area (Å²) in [4.78, 5) is 24.0. The van der Waals surface area contributed by atoms with Crippen LogP contribution in [-0.4, -0.2) is 25.1 Å². The number of esters is 1. The zero-order chi connectivity index (χ0) is 18.9.